The lowest BCUT2D eigenvalue weighted by Crippen LogP contribution is -2.27. The Morgan fingerprint density at radius 2 is 1.48 bits per heavy atom. The zero-order valence-corrected chi connectivity index (χ0v) is 12.9. The summed E-state index contributed by atoms with van der Waals surface area (Å²) in [7, 11) is -1.72. The second kappa shape index (κ2) is 6.85. The average molecular weight is 304 g/mol. The van der Waals surface area contributed by atoms with Gasteiger partial charge >= 0.3 is 0 Å². The van der Waals surface area contributed by atoms with Gasteiger partial charge in [-0.25, -0.2) is 12.7 Å². The first-order chi connectivity index (χ1) is 10.0. The lowest BCUT2D eigenvalue weighted by atomic mass is 10.1. The molecule has 2 rings (SSSR count). The van der Waals surface area contributed by atoms with Crippen molar-refractivity contribution in [3.05, 3.63) is 71.3 Å². The minimum Gasteiger partial charge on any atom is -0.326 e. The summed E-state index contributed by atoms with van der Waals surface area (Å²) in [5.41, 5.74) is 8.27. The average Bonchev–Trinajstić information content (AvgIpc) is 2.48. The molecule has 0 unspecified atom stereocenters. The third kappa shape index (κ3) is 4.39. The van der Waals surface area contributed by atoms with Crippen molar-refractivity contribution in [2.45, 2.75) is 18.8 Å². The van der Waals surface area contributed by atoms with E-state index in [9.17, 15) is 8.42 Å². The maximum absolute atomic E-state index is 12.4. The number of nitrogens with two attached hydrogens (primary N) is 1. The molecular weight excluding hydrogens is 284 g/mol. The first kappa shape index (κ1) is 15.7. The van der Waals surface area contributed by atoms with Gasteiger partial charge in [0.2, 0.25) is 10.0 Å². The van der Waals surface area contributed by atoms with Gasteiger partial charge in [-0.15, -0.1) is 0 Å². The Balaban J connectivity index is 2.06. The first-order valence-electron chi connectivity index (χ1n) is 6.77. The molecular formula is C16H20N2O2S. The standard InChI is InChI=1S/C16H20N2O2S/c1-18(12-15-5-3-2-4-6-15)21(19,20)13-16-9-7-14(11-17)8-10-16/h2-10H,11-13,17H2,1H3. The fourth-order valence-electron chi connectivity index (χ4n) is 2.03. The lowest BCUT2D eigenvalue weighted by molar-refractivity contribution is 0.466. The van der Waals surface area contributed by atoms with Crippen LogP contribution in [0.5, 0.6) is 0 Å². The van der Waals surface area contributed by atoms with Crippen molar-refractivity contribution in [2.24, 2.45) is 5.73 Å². The van der Waals surface area contributed by atoms with E-state index in [2.05, 4.69) is 0 Å². The second-order valence-electron chi connectivity index (χ2n) is 5.02. The van der Waals surface area contributed by atoms with Crippen molar-refractivity contribution in [3.63, 3.8) is 0 Å². The third-order valence-corrected chi connectivity index (χ3v) is 5.11. The van der Waals surface area contributed by atoms with E-state index in [1.54, 1.807) is 7.05 Å². The minimum absolute atomic E-state index is 0.00118. The number of hydrogen-bond donors (Lipinski definition) is 1. The van der Waals surface area contributed by atoms with E-state index in [0.29, 0.717) is 13.1 Å². The van der Waals surface area contributed by atoms with Gasteiger partial charge in [0, 0.05) is 20.1 Å². The molecule has 2 N–H and O–H groups in total. The van der Waals surface area contributed by atoms with Crippen molar-refractivity contribution < 1.29 is 8.42 Å². The van der Waals surface area contributed by atoms with Crippen LogP contribution in [0, 0.1) is 0 Å². The Morgan fingerprint density at radius 3 is 2.05 bits per heavy atom. The molecule has 0 aliphatic rings. The Kier molecular flexibility index (Phi) is 5.12. The summed E-state index contributed by atoms with van der Waals surface area (Å²) in [5.74, 6) is 0.00118. The highest BCUT2D eigenvalue weighted by Gasteiger charge is 2.18. The number of sulfonamides is 1. The summed E-state index contributed by atoms with van der Waals surface area (Å²) in [5, 5.41) is 0. The smallest absolute Gasteiger partial charge is 0.218 e. The summed E-state index contributed by atoms with van der Waals surface area (Å²) in [6, 6.07) is 16.9. The summed E-state index contributed by atoms with van der Waals surface area (Å²) < 4.78 is 26.1. The summed E-state index contributed by atoms with van der Waals surface area (Å²) in [6.07, 6.45) is 0. The number of nitrogens with zero attached hydrogens (tertiary/aromatic N) is 1. The number of rotatable bonds is 6. The molecule has 2 aromatic carbocycles. The van der Waals surface area contributed by atoms with Gasteiger partial charge in [-0.2, -0.15) is 0 Å². The number of benzene rings is 2. The molecule has 0 radical (unpaired) electrons. The molecule has 0 spiro atoms. The largest absolute Gasteiger partial charge is 0.326 e. The Morgan fingerprint density at radius 1 is 0.905 bits per heavy atom. The van der Waals surface area contributed by atoms with Crippen LogP contribution in [-0.2, 0) is 28.9 Å². The molecule has 0 saturated carbocycles. The first-order valence-corrected chi connectivity index (χ1v) is 8.38. The van der Waals surface area contributed by atoms with Gasteiger partial charge in [-0.3, -0.25) is 0 Å². The van der Waals surface area contributed by atoms with E-state index in [1.165, 1.54) is 4.31 Å². The van der Waals surface area contributed by atoms with E-state index in [0.717, 1.165) is 16.7 Å². The molecule has 2 aromatic rings. The molecule has 0 aliphatic carbocycles. The van der Waals surface area contributed by atoms with Crippen LogP contribution in [0.25, 0.3) is 0 Å². The van der Waals surface area contributed by atoms with Crippen LogP contribution in [0.3, 0.4) is 0 Å². The quantitative estimate of drug-likeness (QED) is 0.889. The fourth-order valence-corrected chi connectivity index (χ4v) is 3.21. The van der Waals surface area contributed by atoms with Crippen LogP contribution in [0.15, 0.2) is 54.6 Å². The Bertz CT molecular complexity index is 667. The molecule has 5 heteroatoms. The van der Waals surface area contributed by atoms with Gasteiger partial charge in [0.15, 0.2) is 0 Å². The van der Waals surface area contributed by atoms with E-state index in [1.807, 2.05) is 54.6 Å². The van der Waals surface area contributed by atoms with Gasteiger partial charge < -0.3 is 5.73 Å². The molecule has 112 valence electrons. The van der Waals surface area contributed by atoms with Crippen LogP contribution in [0.2, 0.25) is 0 Å². The predicted octanol–water partition coefficient (Wildman–Crippen LogP) is 2.11. The molecule has 0 aliphatic heterocycles. The maximum atomic E-state index is 12.4. The molecule has 0 amide bonds. The normalized spacial score (nSPS) is 11.8. The predicted molar refractivity (Wildman–Crippen MR) is 84.9 cm³/mol. The fraction of sp³-hybridized carbons (Fsp3) is 0.250. The molecule has 0 bridgehead atoms. The van der Waals surface area contributed by atoms with Crippen LogP contribution < -0.4 is 5.73 Å². The zero-order valence-electron chi connectivity index (χ0n) is 12.1. The monoisotopic (exact) mass is 304 g/mol. The molecule has 0 atom stereocenters. The van der Waals surface area contributed by atoms with Crippen LogP contribution in [-0.4, -0.2) is 19.8 Å². The van der Waals surface area contributed by atoms with Crippen molar-refractivity contribution in [1.29, 1.82) is 0 Å². The van der Waals surface area contributed by atoms with Crippen LogP contribution in [0.4, 0.5) is 0 Å². The van der Waals surface area contributed by atoms with Gasteiger partial charge in [-0.05, 0) is 16.7 Å². The Hall–Kier alpha value is -1.69. The lowest BCUT2D eigenvalue weighted by Gasteiger charge is -2.17. The molecule has 21 heavy (non-hydrogen) atoms. The topological polar surface area (TPSA) is 63.4 Å². The van der Waals surface area contributed by atoms with Gasteiger partial charge in [0.25, 0.3) is 0 Å². The molecule has 4 nitrogen and oxygen atoms in total. The van der Waals surface area contributed by atoms with Crippen molar-refractivity contribution in [3.8, 4) is 0 Å². The molecule has 0 saturated heterocycles. The maximum Gasteiger partial charge on any atom is 0.218 e. The minimum atomic E-state index is -3.33. The van der Waals surface area contributed by atoms with E-state index >= 15 is 0 Å². The number of hydrogen-bond acceptors (Lipinski definition) is 3. The molecule has 0 aromatic heterocycles. The third-order valence-electron chi connectivity index (χ3n) is 3.33. The van der Waals surface area contributed by atoms with Crippen LogP contribution >= 0.6 is 0 Å². The highest BCUT2D eigenvalue weighted by Crippen LogP contribution is 2.13. The van der Waals surface area contributed by atoms with E-state index in [4.69, 9.17) is 5.73 Å². The summed E-state index contributed by atoms with van der Waals surface area (Å²) in [4.78, 5) is 0. The highest BCUT2D eigenvalue weighted by molar-refractivity contribution is 7.88. The van der Waals surface area contributed by atoms with Crippen molar-refractivity contribution in [2.75, 3.05) is 7.05 Å². The summed E-state index contributed by atoms with van der Waals surface area (Å²) >= 11 is 0. The molecule has 0 heterocycles. The molecule has 0 fully saturated rings. The van der Waals surface area contributed by atoms with Crippen molar-refractivity contribution in [1.82, 2.24) is 4.31 Å². The zero-order chi connectivity index (χ0) is 15.3. The van der Waals surface area contributed by atoms with Gasteiger partial charge in [0.05, 0.1) is 5.75 Å². The van der Waals surface area contributed by atoms with E-state index in [-0.39, 0.29) is 5.75 Å². The second-order valence-corrected chi connectivity index (χ2v) is 7.09. The van der Waals surface area contributed by atoms with Crippen molar-refractivity contribution >= 4 is 10.0 Å². The SMILES string of the molecule is CN(Cc1ccccc1)S(=O)(=O)Cc1ccc(CN)cc1. The summed E-state index contributed by atoms with van der Waals surface area (Å²) in [6.45, 7) is 0.838. The Labute approximate surface area is 126 Å². The van der Waals surface area contributed by atoms with E-state index < -0.39 is 10.0 Å². The van der Waals surface area contributed by atoms with Crippen LogP contribution in [0.1, 0.15) is 16.7 Å². The van der Waals surface area contributed by atoms with Gasteiger partial charge in [0.1, 0.15) is 0 Å². The van der Waals surface area contributed by atoms with Gasteiger partial charge in [-0.1, -0.05) is 54.6 Å². The highest BCUT2D eigenvalue weighted by atomic mass is 32.2.